The molecule has 19 heavy (non-hydrogen) atoms. The Kier molecular flexibility index (Phi) is 3.34. The molecule has 4 heteroatoms. The van der Waals surface area contributed by atoms with Gasteiger partial charge in [-0.3, -0.25) is 0 Å². The standard InChI is InChI=1S/C15H11BClNS/c1-9-15(19-11-5-2-4-10(16)8-11)14-12(17)6-3-7-13(14)18-9/h2-8,18H,1H3. The Labute approximate surface area is 122 Å². The molecule has 0 aliphatic carbocycles. The maximum atomic E-state index is 6.31. The molecule has 1 N–H and O–H groups in total. The normalized spacial score (nSPS) is 11.1. The molecular weight excluding hydrogens is 273 g/mol. The molecule has 2 aromatic carbocycles. The number of aromatic amines is 1. The highest BCUT2D eigenvalue weighted by molar-refractivity contribution is 7.99. The highest BCUT2D eigenvalue weighted by atomic mass is 35.5. The molecule has 1 aromatic heterocycles. The second kappa shape index (κ2) is 4.99. The summed E-state index contributed by atoms with van der Waals surface area (Å²) in [5.74, 6) is 0. The summed E-state index contributed by atoms with van der Waals surface area (Å²) in [4.78, 5) is 5.64. The quantitative estimate of drug-likeness (QED) is 0.701. The van der Waals surface area contributed by atoms with E-state index in [0.29, 0.717) is 0 Å². The second-order valence-electron chi connectivity index (χ2n) is 4.42. The molecule has 0 fully saturated rings. The lowest BCUT2D eigenvalue weighted by atomic mass is 9.97. The van der Waals surface area contributed by atoms with Crippen LogP contribution in [0.3, 0.4) is 0 Å². The topological polar surface area (TPSA) is 15.8 Å². The Morgan fingerprint density at radius 1 is 1.16 bits per heavy atom. The Hall–Kier alpha value is -1.32. The van der Waals surface area contributed by atoms with Gasteiger partial charge >= 0.3 is 0 Å². The van der Waals surface area contributed by atoms with Crippen molar-refractivity contribution in [1.29, 1.82) is 0 Å². The molecule has 0 saturated heterocycles. The number of hydrogen-bond donors (Lipinski definition) is 1. The van der Waals surface area contributed by atoms with Crippen LogP contribution in [0.2, 0.25) is 5.02 Å². The second-order valence-corrected chi connectivity index (χ2v) is 5.91. The first-order valence-corrected chi connectivity index (χ1v) is 7.15. The van der Waals surface area contributed by atoms with E-state index in [1.807, 2.05) is 36.4 Å². The summed E-state index contributed by atoms with van der Waals surface area (Å²) < 4.78 is 0. The Morgan fingerprint density at radius 2 is 1.95 bits per heavy atom. The molecule has 1 heterocycles. The first-order valence-electron chi connectivity index (χ1n) is 5.95. The van der Waals surface area contributed by atoms with E-state index in [1.54, 1.807) is 11.8 Å². The van der Waals surface area contributed by atoms with Crippen molar-refractivity contribution in [1.82, 2.24) is 4.98 Å². The number of nitrogens with one attached hydrogen (secondary N) is 1. The van der Waals surface area contributed by atoms with Crippen LogP contribution in [-0.4, -0.2) is 12.8 Å². The van der Waals surface area contributed by atoms with Crippen LogP contribution in [0.15, 0.2) is 52.3 Å². The van der Waals surface area contributed by atoms with E-state index in [9.17, 15) is 0 Å². The lowest BCUT2D eigenvalue weighted by Gasteiger charge is -2.04. The van der Waals surface area contributed by atoms with Gasteiger partial charge in [0, 0.05) is 26.4 Å². The zero-order chi connectivity index (χ0) is 13.4. The summed E-state index contributed by atoms with van der Waals surface area (Å²) in [7, 11) is 5.82. The van der Waals surface area contributed by atoms with Gasteiger partial charge in [-0.15, -0.1) is 0 Å². The van der Waals surface area contributed by atoms with Gasteiger partial charge in [0.25, 0.3) is 0 Å². The molecule has 0 aliphatic rings. The lowest BCUT2D eigenvalue weighted by Crippen LogP contribution is -1.99. The summed E-state index contributed by atoms with van der Waals surface area (Å²) in [6.45, 7) is 2.06. The van der Waals surface area contributed by atoms with Crippen LogP contribution in [-0.2, 0) is 0 Å². The number of benzene rings is 2. The lowest BCUT2D eigenvalue weighted by molar-refractivity contribution is 1.23. The van der Waals surface area contributed by atoms with Gasteiger partial charge in [0.15, 0.2) is 0 Å². The van der Waals surface area contributed by atoms with Gasteiger partial charge in [0.1, 0.15) is 7.85 Å². The summed E-state index contributed by atoms with van der Waals surface area (Å²) in [6.07, 6.45) is 0. The predicted molar refractivity (Wildman–Crippen MR) is 84.0 cm³/mol. The monoisotopic (exact) mass is 283 g/mol. The van der Waals surface area contributed by atoms with Crippen molar-refractivity contribution in [2.75, 3.05) is 0 Å². The molecule has 3 aromatic rings. The number of H-pyrrole nitrogens is 1. The van der Waals surface area contributed by atoms with Crippen LogP contribution in [0.4, 0.5) is 0 Å². The fourth-order valence-corrected chi connectivity index (χ4v) is 3.56. The van der Waals surface area contributed by atoms with Crippen LogP contribution in [0, 0.1) is 6.92 Å². The fraction of sp³-hybridized carbons (Fsp3) is 0.0667. The summed E-state index contributed by atoms with van der Waals surface area (Å²) in [6, 6.07) is 13.8. The van der Waals surface area contributed by atoms with E-state index in [4.69, 9.17) is 19.4 Å². The van der Waals surface area contributed by atoms with Crippen molar-refractivity contribution in [3.63, 3.8) is 0 Å². The highest BCUT2D eigenvalue weighted by Gasteiger charge is 2.12. The average molecular weight is 284 g/mol. The van der Waals surface area contributed by atoms with Crippen molar-refractivity contribution in [2.45, 2.75) is 16.7 Å². The minimum atomic E-state index is 0.772. The van der Waals surface area contributed by atoms with Crippen LogP contribution >= 0.6 is 23.4 Å². The third-order valence-corrected chi connectivity index (χ3v) is 4.50. The van der Waals surface area contributed by atoms with Crippen LogP contribution in [0.5, 0.6) is 0 Å². The van der Waals surface area contributed by atoms with E-state index < -0.39 is 0 Å². The number of aromatic nitrogens is 1. The van der Waals surface area contributed by atoms with Gasteiger partial charge in [-0.05, 0) is 25.1 Å². The smallest absolute Gasteiger partial charge is 0.113 e. The number of aryl methyl sites for hydroxylation is 1. The average Bonchev–Trinajstić information content (AvgIpc) is 2.67. The highest BCUT2D eigenvalue weighted by Crippen LogP contribution is 2.39. The molecule has 0 amide bonds. The third kappa shape index (κ3) is 2.40. The largest absolute Gasteiger partial charge is 0.358 e. The first kappa shape index (κ1) is 12.7. The van der Waals surface area contributed by atoms with Gasteiger partial charge in [0.05, 0.1) is 5.02 Å². The van der Waals surface area contributed by atoms with Crippen LogP contribution < -0.4 is 5.46 Å². The van der Waals surface area contributed by atoms with Crippen molar-refractivity contribution >= 4 is 47.6 Å². The van der Waals surface area contributed by atoms with E-state index in [-0.39, 0.29) is 0 Å². The van der Waals surface area contributed by atoms with Crippen molar-refractivity contribution < 1.29 is 0 Å². The molecule has 0 atom stereocenters. The van der Waals surface area contributed by atoms with Crippen molar-refractivity contribution in [2.24, 2.45) is 0 Å². The molecule has 0 bridgehead atoms. The molecule has 0 aliphatic heterocycles. The van der Waals surface area contributed by atoms with E-state index in [2.05, 4.69) is 18.0 Å². The maximum Gasteiger partial charge on any atom is 0.113 e. The van der Waals surface area contributed by atoms with Crippen LogP contribution in [0.1, 0.15) is 5.69 Å². The minimum absolute atomic E-state index is 0.772. The predicted octanol–water partition coefficient (Wildman–Crippen LogP) is 4.07. The SMILES string of the molecule is [B]c1cccc(Sc2c(C)[nH]c3cccc(Cl)c23)c1. The molecule has 0 spiro atoms. The Morgan fingerprint density at radius 3 is 2.74 bits per heavy atom. The number of rotatable bonds is 2. The van der Waals surface area contributed by atoms with Gasteiger partial charge in [-0.25, -0.2) is 0 Å². The zero-order valence-electron chi connectivity index (χ0n) is 10.4. The summed E-state index contributed by atoms with van der Waals surface area (Å²) >= 11 is 8.00. The summed E-state index contributed by atoms with van der Waals surface area (Å²) in [5, 5.41) is 1.85. The Balaban J connectivity index is 2.12. The summed E-state index contributed by atoms with van der Waals surface area (Å²) in [5.41, 5.74) is 2.96. The van der Waals surface area contributed by atoms with E-state index in [0.717, 1.165) is 36.9 Å². The molecule has 1 nitrogen and oxygen atoms in total. The van der Waals surface area contributed by atoms with Gasteiger partial charge in [-0.1, -0.05) is 53.1 Å². The molecule has 3 rings (SSSR count). The zero-order valence-corrected chi connectivity index (χ0v) is 12.0. The maximum absolute atomic E-state index is 6.31. The first-order chi connectivity index (χ1) is 9.15. The third-order valence-electron chi connectivity index (χ3n) is 2.98. The molecule has 0 unspecified atom stereocenters. The molecular formula is C15H11BClNS. The fourth-order valence-electron chi connectivity index (χ4n) is 2.13. The van der Waals surface area contributed by atoms with E-state index >= 15 is 0 Å². The number of hydrogen-bond acceptors (Lipinski definition) is 1. The number of halogens is 1. The van der Waals surface area contributed by atoms with E-state index in [1.165, 1.54) is 0 Å². The molecule has 0 saturated carbocycles. The minimum Gasteiger partial charge on any atom is -0.358 e. The molecule has 2 radical (unpaired) electrons. The Bertz CT molecular complexity index is 751. The number of fused-ring (bicyclic) bond motifs is 1. The van der Waals surface area contributed by atoms with Gasteiger partial charge in [-0.2, -0.15) is 0 Å². The van der Waals surface area contributed by atoms with Crippen LogP contribution in [0.25, 0.3) is 10.9 Å². The van der Waals surface area contributed by atoms with Gasteiger partial charge < -0.3 is 4.98 Å². The van der Waals surface area contributed by atoms with Gasteiger partial charge in [0.2, 0.25) is 0 Å². The van der Waals surface area contributed by atoms with Crippen molar-refractivity contribution in [3.05, 3.63) is 53.2 Å². The molecule has 92 valence electrons. The van der Waals surface area contributed by atoms with Crippen molar-refractivity contribution in [3.8, 4) is 0 Å².